The molecule has 1 aromatic carbocycles. The van der Waals surface area contributed by atoms with Crippen LogP contribution in [-0.4, -0.2) is 30.2 Å². The second kappa shape index (κ2) is 6.04. The number of carbonyl (C=O) groups is 2. The van der Waals surface area contributed by atoms with Gasteiger partial charge in [0.05, 0.1) is 17.7 Å². The van der Waals surface area contributed by atoms with E-state index in [0.717, 1.165) is 12.1 Å². The van der Waals surface area contributed by atoms with Crippen molar-refractivity contribution in [3.63, 3.8) is 0 Å². The topological polar surface area (TPSA) is 93.8 Å². The summed E-state index contributed by atoms with van der Waals surface area (Å²) in [5.41, 5.74) is 3.53. The molecule has 2 amide bonds. The maximum absolute atomic E-state index is 12.8. The second-order valence-corrected chi connectivity index (χ2v) is 4.59. The fourth-order valence-corrected chi connectivity index (χ4v) is 1.91. The van der Waals surface area contributed by atoms with Gasteiger partial charge in [-0.2, -0.15) is 13.2 Å². The molecule has 0 saturated carbocycles. The molecular weight excluding hydrogens is 303 g/mol. The van der Waals surface area contributed by atoms with Gasteiger partial charge in [0, 0.05) is 6.42 Å². The fraction of sp³-hybridized carbons (Fsp3) is 0.308. The lowest BCUT2D eigenvalue weighted by atomic mass is 10.1. The number of alkyl halides is 3. The van der Waals surface area contributed by atoms with Crippen LogP contribution in [0.4, 0.5) is 13.2 Å². The monoisotopic (exact) mass is 315 g/mol. The summed E-state index contributed by atoms with van der Waals surface area (Å²) in [6.07, 6.45) is -5.17. The average Bonchev–Trinajstić information content (AvgIpc) is 2.93. The fourth-order valence-electron chi connectivity index (χ4n) is 1.91. The Labute approximate surface area is 123 Å². The molecule has 0 aliphatic carbocycles. The number of carbonyl (C=O) groups excluding carboxylic acids is 2. The number of nitrogens with zero attached hydrogens (tertiary/aromatic N) is 1. The highest BCUT2D eigenvalue weighted by Crippen LogP contribution is 2.31. The van der Waals surface area contributed by atoms with Gasteiger partial charge in [0.15, 0.2) is 6.10 Å². The number of amides is 2. The molecule has 1 aromatic rings. The van der Waals surface area contributed by atoms with Crippen LogP contribution in [-0.2, 0) is 15.8 Å². The highest BCUT2D eigenvalue weighted by Gasteiger charge is 2.35. The zero-order valence-electron chi connectivity index (χ0n) is 11.2. The standard InChI is InChI=1S/C13H12F3N3O3/c14-13(15,16)9-4-2-1-3-8(9)12(21)18-6-7-5-10(11(17)20)19-22-7/h1-4,7H,5-6H2,(H2,17,20)(H,18,21)/t7-/m0/s1. The predicted molar refractivity (Wildman–Crippen MR) is 69.9 cm³/mol. The first kappa shape index (κ1) is 15.8. The van der Waals surface area contributed by atoms with Crippen LogP contribution in [0, 0.1) is 0 Å². The van der Waals surface area contributed by atoms with E-state index in [9.17, 15) is 22.8 Å². The Kier molecular flexibility index (Phi) is 4.34. The number of primary amides is 1. The number of hydrogen-bond donors (Lipinski definition) is 2. The minimum Gasteiger partial charge on any atom is -0.390 e. The van der Waals surface area contributed by atoms with E-state index in [1.807, 2.05) is 0 Å². The van der Waals surface area contributed by atoms with Crippen LogP contribution >= 0.6 is 0 Å². The molecule has 2 rings (SSSR count). The van der Waals surface area contributed by atoms with Gasteiger partial charge in [-0.25, -0.2) is 0 Å². The molecule has 3 N–H and O–H groups in total. The number of oxime groups is 1. The van der Waals surface area contributed by atoms with Crippen molar-refractivity contribution in [3.05, 3.63) is 35.4 Å². The van der Waals surface area contributed by atoms with Crippen LogP contribution in [0.15, 0.2) is 29.4 Å². The van der Waals surface area contributed by atoms with E-state index in [2.05, 4.69) is 10.5 Å². The van der Waals surface area contributed by atoms with Gasteiger partial charge in [0.2, 0.25) is 0 Å². The maximum Gasteiger partial charge on any atom is 0.417 e. The molecule has 0 unspecified atom stereocenters. The number of halogens is 3. The van der Waals surface area contributed by atoms with E-state index in [0.29, 0.717) is 0 Å². The highest BCUT2D eigenvalue weighted by molar-refractivity contribution is 6.38. The molecule has 0 fully saturated rings. The molecule has 118 valence electrons. The molecule has 1 aliphatic heterocycles. The van der Waals surface area contributed by atoms with Gasteiger partial charge in [-0.15, -0.1) is 0 Å². The van der Waals surface area contributed by atoms with Gasteiger partial charge >= 0.3 is 6.18 Å². The maximum atomic E-state index is 12.8. The van der Waals surface area contributed by atoms with Crippen molar-refractivity contribution in [2.75, 3.05) is 6.54 Å². The van der Waals surface area contributed by atoms with Gasteiger partial charge in [0.25, 0.3) is 11.8 Å². The molecule has 0 saturated heterocycles. The van der Waals surface area contributed by atoms with Crippen molar-refractivity contribution in [1.29, 1.82) is 0 Å². The Bertz CT molecular complexity index is 628. The van der Waals surface area contributed by atoms with Crippen molar-refractivity contribution in [2.24, 2.45) is 10.9 Å². The quantitative estimate of drug-likeness (QED) is 0.870. The lowest BCUT2D eigenvalue weighted by Crippen LogP contribution is -2.34. The summed E-state index contributed by atoms with van der Waals surface area (Å²) in [6, 6.07) is 4.45. The van der Waals surface area contributed by atoms with E-state index in [1.165, 1.54) is 12.1 Å². The largest absolute Gasteiger partial charge is 0.417 e. The lowest BCUT2D eigenvalue weighted by Gasteiger charge is -2.14. The summed E-state index contributed by atoms with van der Waals surface area (Å²) in [5.74, 6) is -1.62. The zero-order valence-corrected chi connectivity index (χ0v) is 11.2. The van der Waals surface area contributed by atoms with Crippen molar-refractivity contribution < 1.29 is 27.6 Å². The van der Waals surface area contributed by atoms with Gasteiger partial charge < -0.3 is 15.9 Å². The molecule has 6 nitrogen and oxygen atoms in total. The van der Waals surface area contributed by atoms with E-state index < -0.39 is 35.2 Å². The third-order valence-electron chi connectivity index (χ3n) is 2.98. The van der Waals surface area contributed by atoms with E-state index in [1.54, 1.807) is 0 Å². The van der Waals surface area contributed by atoms with Crippen LogP contribution in [0.5, 0.6) is 0 Å². The molecule has 9 heteroatoms. The van der Waals surface area contributed by atoms with Crippen molar-refractivity contribution in [1.82, 2.24) is 5.32 Å². The van der Waals surface area contributed by atoms with Gasteiger partial charge in [0.1, 0.15) is 5.71 Å². The number of hydrogen-bond acceptors (Lipinski definition) is 4. The Morgan fingerprint density at radius 2 is 2.05 bits per heavy atom. The summed E-state index contributed by atoms with van der Waals surface area (Å²) < 4.78 is 38.4. The third kappa shape index (κ3) is 3.54. The summed E-state index contributed by atoms with van der Waals surface area (Å²) >= 11 is 0. The van der Waals surface area contributed by atoms with Gasteiger partial charge in [-0.3, -0.25) is 9.59 Å². The molecule has 0 radical (unpaired) electrons. The molecule has 0 aromatic heterocycles. The Morgan fingerprint density at radius 1 is 1.36 bits per heavy atom. The van der Waals surface area contributed by atoms with E-state index in [-0.39, 0.29) is 18.7 Å². The van der Waals surface area contributed by atoms with Crippen LogP contribution in [0.2, 0.25) is 0 Å². The summed E-state index contributed by atoms with van der Waals surface area (Å²) in [7, 11) is 0. The number of benzene rings is 1. The first-order valence-electron chi connectivity index (χ1n) is 6.26. The van der Waals surface area contributed by atoms with Crippen LogP contribution < -0.4 is 11.1 Å². The molecule has 0 spiro atoms. The van der Waals surface area contributed by atoms with E-state index >= 15 is 0 Å². The Balaban J connectivity index is 1.99. The van der Waals surface area contributed by atoms with E-state index in [4.69, 9.17) is 10.6 Å². The van der Waals surface area contributed by atoms with Gasteiger partial charge in [-0.1, -0.05) is 17.3 Å². The third-order valence-corrected chi connectivity index (χ3v) is 2.98. The van der Waals surface area contributed by atoms with Crippen LogP contribution in [0.25, 0.3) is 0 Å². The highest BCUT2D eigenvalue weighted by atomic mass is 19.4. The first-order chi connectivity index (χ1) is 10.3. The molecule has 1 aliphatic rings. The predicted octanol–water partition coefficient (Wildman–Crippen LogP) is 1.07. The van der Waals surface area contributed by atoms with Crippen molar-refractivity contribution >= 4 is 17.5 Å². The molecular formula is C13H12F3N3O3. The number of rotatable bonds is 4. The normalized spacial score (nSPS) is 17.6. The number of nitrogens with one attached hydrogen (secondary N) is 1. The van der Waals surface area contributed by atoms with Crippen LogP contribution in [0.3, 0.4) is 0 Å². The lowest BCUT2D eigenvalue weighted by molar-refractivity contribution is -0.138. The summed E-state index contributed by atoms with van der Waals surface area (Å²) in [5, 5.41) is 5.76. The smallest absolute Gasteiger partial charge is 0.390 e. The van der Waals surface area contributed by atoms with Crippen molar-refractivity contribution in [3.8, 4) is 0 Å². The van der Waals surface area contributed by atoms with Gasteiger partial charge in [-0.05, 0) is 12.1 Å². The number of nitrogens with two attached hydrogens (primary N) is 1. The Morgan fingerprint density at radius 3 is 2.64 bits per heavy atom. The molecule has 22 heavy (non-hydrogen) atoms. The minimum absolute atomic E-state index is 0.0231. The van der Waals surface area contributed by atoms with Crippen molar-refractivity contribution in [2.45, 2.75) is 18.7 Å². The summed E-state index contributed by atoms with van der Waals surface area (Å²) in [4.78, 5) is 27.6. The zero-order chi connectivity index (χ0) is 16.3. The molecule has 0 bridgehead atoms. The summed E-state index contributed by atoms with van der Waals surface area (Å²) in [6.45, 7) is -0.0920. The molecule has 1 atom stereocenters. The second-order valence-electron chi connectivity index (χ2n) is 4.59. The molecule has 1 heterocycles. The Hall–Kier alpha value is -2.58. The minimum atomic E-state index is -4.62. The SMILES string of the molecule is NC(=O)C1=NO[C@H](CNC(=O)c2ccccc2C(F)(F)F)C1. The first-order valence-corrected chi connectivity index (χ1v) is 6.26. The average molecular weight is 315 g/mol. The van der Waals surface area contributed by atoms with Crippen LogP contribution in [0.1, 0.15) is 22.3 Å².